The number of benzene rings is 3. The maximum Gasteiger partial charge on any atom is 0.230 e. The number of aromatic nitrogens is 3. The van der Waals surface area contributed by atoms with E-state index in [0.717, 1.165) is 12.8 Å². The van der Waals surface area contributed by atoms with Gasteiger partial charge in [-0.05, 0) is 60.4 Å². The van der Waals surface area contributed by atoms with Crippen molar-refractivity contribution in [2.45, 2.75) is 24.0 Å². The van der Waals surface area contributed by atoms with Crippen LogP contribution in [0.2, 0.25) is 0 Å². The van der Waals surface area contributed by atoms with Crippen molar-refractivity contribution in [2.24, 2.45) is 0 Å². The van der Waals surface area contributed by atoms with Crippen molar-refractivity contribution in [2.75, 3.05) is 20.0 Å². The maximum atomic E-state index is 13.7. The fourth-order valence-electron chi connectivity index (χ4n) is 4.37. The van der Waals surface area contributed by atoms with Crippen LogP contribution >= 0.6 is 11.8 Å². The molecule has 1 amide bonds. The Balaban J connectivity index is 1.39. The normalized spacial score (nSPS) is 12.9. The van der Waals surface area contributed by atoms with Gasteiger partial charge in [-0.3, -0.25) is 9.36 Å². The zero-order chi connectivity index (χ0) is 25.1. The highest BCUT2D eigenvalue weighted by Gasteiger charge is 2.23. The highest BCUT2D eigenvalue weighted by atomic mass is 32.2. The Kier molecular flexibility index (Phi) is 6.90. The maximum absolute atomic E-state index is 13.7. The van der Waals surface area contributed by atoms with Crippen molar-refractivity contribution < 1.29 is 18.7 Å². The number of amides is 1. The summed E-state index contributed by atoms with van der Waals surface area (Å²) in [6.07, 6.45) is 1.67. The lowest BCUT2D eigenvalue weighted by molar-refractivity contribution is -0.119. The number of methoxy groups -OCH3 is 2. The predicted octanol–water partition coefficient (Wildman–Crippen LogP) is 4.47. The summed E-state index contributed by atoms with van der Waals surface area (Å²) in [5.41, 5.74) is 3.95. The first kappa shape index (κ1) is 23.9. The fourth-order valence-corrected chi connectivity index (χ4v) is 5.13. The number of ether oxygens (including phenoxy) is 2. The average molecular weight is 505 g/mol. The van der Waals surface area contributed by atoms with Crippen LogP contribution < -0.4 is 14.8 Å². The Morgan fingerprint density at radius 1 is 1.00 bits per heavy atom. The molecule has 36 heavy (non-hydrogen) atoms. The molecule has 0 atom stereocenters. The second-order valence-corrected chi connectivity index (χ2v) is 9.39. The predicted molar refractivity (Wildman–Crippen MR) is 136 cm³/mol. The summed E-state index contributed by atoms with van der Waals surface area (Å²) >= 11 is 1.28. The quantitative estimate of drug-likeness (QED) is 0.357. The Labute approximate surface area is 212 Å². The Hall–Kier alpha value is -3.85. The van der Waals surface area contributed by atoms with Crippen LogP contribution in [-0.2, 0) is 17.6 Å². The molecule has 0 saturated carbocycles. The molecule has 5 rings (SSSR count). The third-order valence-corrected chi connectivity index (χ3v) is 7.01. The van der Waals surface area contributed by atoms with Crippen LogP contribution in [0.25, 0.3) is 17.1 Å². The van der Waals surface area contributed by atoms with E-state index in [1.165, 1.54) is 35.0 Å². The molecule has 4 aromatic rings. The van der Waals surface area contributed by atoms with E-state index >= 15 is 0 Å². The zero-order valence-electron chi connectivity index (χ0n) is 19.9. The van der Waals surface area contributed by atoms with E-state index in [2.05, 4.69) is 27.6 Å². The molecule has 0 aliphatic heterocycles. The number of fused-ring (bicyclic) bond motifs is 1. The SMILES string of the molecule is COc1cc(OC)cc(-c2nnc(SCC(=O)NC3Cc4ccccc4C3)n2-c2ccc(F)cc2)c1. The van der Waals surface area contributed by atoms with Crippen molar-refractivity contribution in [3.63, 3.8) is 0 Å². The second-order valence-electron chi connectivity index (χ2n) is 8.45. The van der Waals surface area contributed by atoms with Gasteiger partial charge in [-0.1, -0.05) is 36.0 Å². The van der Waals surface area contributed by atoms with Crippen LogP contribution in [-0.4, -0.2) is 46.7 Å². The number of halogens is 1. The number of thioether (sulfide) groups is 1. The zero-order valence-corrected chi connectivity index (χ0v) is 20.7. The van der Waals surface area contributed by atoms with Crippen molar-refractivity contribution in [1.82, 2.24) is 20.1 Å². The standard InChI is InChI=1S/C27H25FN4O3S/c1-34-23-13-19(14-24(15-23)35-2)26-30-31-27(32(26)22-9-7-20(28)8-10-22)36-16-25(33)29-21-11-17-5-3-4-6-18(17)12-21/h3-10,13-15,21H,11-12,16H2,1-2H3,(H,29,33). The molecule has 184 valence electrons. The van der Waals surface area contributed by atoms with Crippen molar-refractivity contribution >= 4 is 17.7 Å². The summed E-state index contributed by atoms with van der Waals surface area (Å²) in [6.45, 7) is 0. The van der Waals surface area contributed by atoms with Gasteiger partial charge in [-0.2, -0.15) is 0 Å². The topological polar surface area (TPSA) is 78.3 Å². The minimum atomic E-state index is -0.345. The molecule has 1 aliphatic rings. The first-order valence-electron chi connectivity index (χ1n) is 11.5. The van der Waals surface area contributed by atoms with E-state index in [-0.39, 0.29) is 23.5 Å². The molecule has 0 bridgehead atoms. The van der Waals surface area contributed by atoms with Gasteiger partial charge < -0.3 is 14.8 Å². The summed E-state index contributed by atoms with van der Waals surface area (Å²) in [5.74, 6) is 1.48. The third-order valence-electron chi connectivity index (χ3n) is 6.08. The number of hydrogen-bond donors (Lipinski definition) is 1. The molecule has 1 aromatic heterocycles. The van der Waals surface area contributed by atoms with Gasteiger partial charge in [0, 0.05) is 23.4 Å². The minimum absolute atomic E-state index is 0.0731. The lowest BCUT2D eigenvalue weighted by atomic mass is 10.1. The molecule has 0 saturated heterocycles. The van der Waals surface area contributed by atoms with Crippen LogP contribution in [0.3, 0.4) is 0 Å². The number of nitrogens with zero attached hydrogens (tertiary/aromatic N) is 3. The van der Waals surface area contributed by atoms with E-state index in [0.29, 0.717) is 33.7 Å². The van der Waals surface area contributed by atoms with Gasteiger partial charge >= 0.3 is 0 Å². The molecule has 0 unspecified atom stereocenters. The molecule has 0 spiro atoms. The molecule has 1 heterocycles. The van der Waals surface area contributed by atoms with Crippen molar-refractivity contribution in [3.05, 3.63) is 83.7 Å². The van der Waals surface area contributed by atoms with E-state index in [4.69, 9.17) is 9.47 Å². The minimum Gasteiger partial charge on any atom is -0.497 e. The highest BCUT2D eigenvalue weighted by Crippen LogP contribution is 2.33. The number of carbonyl (C=O) groups is 1. The van der Waals surface area contributed by atoms with Gasteiger partial charge in [0.25, 0.3) is 0 Å². The highest BCUT2D eigenvalue weighted by molar-refractivity contribution is 7.99. The van der Waals surface area contributed by atoms with Crippen LogP contribution in [0.15, 0.2) is 71.9 Å². The molecule has 7 nitrogen and oxygen atoms in total. The van der Waals surface area contributed by atoms with Gasteiger partial charge in [-0.25, -0.2) is 4.39 Å². The number of nitrogens with one attached hydrogen (secondary N) is 1. The molecular weight excluding hydrogens is 479 g/mol. The monoisotopic (exact) mass is 504 g/mol. The lowest BCUT2D eigenvalue weighted by Gasteiger charge is -2.13. The van der Waals surface area contributed by atoms with Gasteiger partial charge in [0.05, 0.1) is 20.0 Å². The van der Waals surface area contributed by atoms with E-state index in [9.17, 15) is 9.18 Å². The molecular formula is C27H25FN4O3S. The summed E-state index contributed by atoms with van der Waals surface area (Å²) in [7, 11) is 3.15. The van der Waals surface area contributed by atoms with Crippen molar-refractivity contribution in [1.29, 1.82) is 0 Å². The Bertz CT molecular complexity index is 1340. The fraction of sp³-hybridized carbons (Fsp3) is 0.222. The molecule has 0 fully saturated rings. The third kappa shape index (κ3) is 5.06. The van der Waals surface area contributed by atoms with E-state index < -0.39 is 0 Å². The summed E-state index contributed by atoms with van der Waals surface area (Å²) in [4.78, 5) is 12.8. The van der Waals surface area contributed by atoms with Crippen LogP contribution in [0.1, 0.15) is 11.1 Å². The van der Waals surface area contributed by atoms with Gasteiger partial charge in [0.1, 0.15) is 17.3 Å². The van der Waals surface area contributed by atoms with Crippen LogP contribution in [0, 0.1) is 5.82 Å². The van der Waals surface area contributed by atoms with Crippen LogP contribution in [0.5, 0.6) is 11.5 Å². The smallest absolute Gasteiger partial charge is 0.230 e. The molecule has 1 aliphatic carbocycles. The second kappa shape index (κ2) is 10.4. The average Bonchev–Trinajstić information content (AvgIpc) is 3.51. The first-order chi connectivity index (χ1) is 17.5. The summed E-state index contributed by atoms with van der Waals surface area (Å²) in [5, 5.41) is 12.4. The summed E-state index contributed by atoms with van der Waals surface area (Å²) in [6, 6.07) is 19.8. The first-order valence-corrected chi connectivity index (χ1v) is 12.5. The van der Waals surface area contributed by atoms with E-state index in [1.807, 2.05) is 24.3 Å². The van der Waals surface area contributed by atoms with Gasteiger partial charge in [0.2, 0.25) is 5.91 Å². The lowest BCUT2D eigenvalue weighted by Crippen LogP contribution is -2.36. The molecule has 9 heteroatoms. The number of carbonyl (C=O) groups excluding carboxylic acids is 1. The molecule has 3 aromatic carbocycles. The number of hydrogen-bond acceptors (Lipinski definition) is 6. The summed E-state index contributed by atoms with van der Waals surface area (Å²) < 4.78 is 26.3. The molecule has 1 N–H and O–H groups in total. The largest absolute Gasteiger partial charge is 0.497 e. The van der Waals surface area contributed by atoms with Crippen LogP contribution in [0.4, 0.5) is 4.39 Å². The Morgan fingerprint density at radius 3 is 2.25 bits per heavy atom. The Morgan fingerprint density at radius 2 is 1.64 bits per heavy atom. The van der Waals surface area contributed by atoms with Gasteiger partial charge in [-0.15, -0.1) is 10.2 Å². The van der Waals surface area contributed by atoms with E-state index in [1.54, 1.807) is 37.0 Å². The van der Waals surface area contributed by atoms with Gasteiger partial charge in [0.15, 0.2) is 11.0 Å². The van der Waals surface area contributed by atoms with Crippen molar-refractivity contribution in [3.8, 4) is 28.6 Å². The molecule has 0 radical (unpaired) electrons. The number of rotatable bonds is 8.